The van der Waals surface area contributed by atoms with E-state index in [2.05, 4.69) is 10.0 Å². The molecular weight excluding hydrogens is 432 g/mol. The highest BCUT2D eigenvalue weighted by molar-refractivity contribution is 7.89. The van der Waals surface area contributed by atoms with Crippen LogP contribution in [0.2, 0.25) is 10.0 Å². The Hall–Kier alpha value is -2.20. The second-order valence-electron chi connectivity index (χ2n) is 5.66. The summed E-state index contributed by atoms with van der Waals surface area (Å²) in [5.74, 6) is -2.40. The highest BCUT2D eigenvalue weighted by Gasteiger charge is 2.22. The molecule has 0 heterocycles. The van der Waals surface area contributed by atoms with Crippen LogP contribution >= 0.6 is 23.2 Å². The van der Waals surface area contributed by atoms with E-state index in [0.29, 0.717) is 0 Å². The summed E-state index contributed by atoms with van der Waals surface area (Å²) in [5.41, 5.74) is -0.299. The fourth-order valence-electron chi connectivity index (χ4n) is 2.24. The monoisotopic (exact) mass is 447 g/mol. The molecule has 0 radical (unpaired) electrons. The largest absolute Gasteiger partial charge is 0.332 e. The van der Waals surface area contributed by atoms with E-state index in [9.17, 15) is 22.4 Å². The zero-order valence-corrected chi connectivity index (χ0v) is 17.1. The van der Waals surface area contributed by atoms with E-state index < -0.39 is 39.8 Å². The van der Waals surface area contributed by atoms with Crippen LogP contribution in [-0.4, -0.2) is 45.8 Å². The molecule has 11 heteroatoms. The minimum atomic E-state index is -3.87. The number of sulfonamides is 1. The lowest BCUT2D eigenvalue weighted by Gasteiger charge is -2.18. The SMILES string of the molecule is CNS(=O)(=O)c1ccc(F)c(C(=O)N(C)CC(=O)Nc2c(Cl)cccc2Cl)c1. The molecule has 0 aliphatic heterocycles. The first kappa shape index (κ1) is 22.1. The van der Waals surface area contributed by atoms with Crippen molar-refractivity contribution in [2.75, 3.05) is 26.0 Å². The number of rotatable bonds is 6. The van der Waals surface area contributed by atoms with Gasteiger partial charge >= 0.3 is 0 Å². The van der Waals surface area contributed by atoms with Crippen molar-refractivity contribution in [3.8, 4) is 0 Å². The van der Waals surface area contributed by atoms with Gasteiger partial charge in [-0.1, -0.05) is 29.3 Å². The van der Waals surface area contributed by atoms with Crippen molar-refractivity contribution in [1.29, 1.82) is 0 Å². The van der Waals surface area contributed by atoms with E-state index in [1.165, 1.54) is 26.2 Å². The number of carbonyl (C=O) groups excluding carboxylic acids is 2. The maximum Gasteiger partial charge on any atom is 0.257 e. The molecule has 0 saturated heterocycles. The lowest BCUT2D eigenvalue weighted by molar-refractivity contribution is -0.116. The number of amides is 2. The van der Waals surface area contributed by atoms with Gasteiger partial charge in [-0.25, -0.2) is 17.5 Å². The highest BCUT2D eigenvalue weighted by atomic mass is 35.5. The topological polar surface area (TPSA) is 95.6 Å². The predicted octanol–water partition coefficient (Wildman–Crippen LogP) is 2.75. The number of benzene rings is 2. The molecule has 2 aromatic carbocycles. The number of nitrogens with zero attached hydrogens (tertiary/aromatic N) is 1. The highest BCUT2D eigenvalue weighted by Crippen LogP contribution is 2.29. The fraction of sp³-hybridized carbons (Fsp3) is 0.176. The van der Waals surface area contributed by atoms with E-state index in [4.69, 9.17) is 23.2 Å². The number of likely N-dealkylation sites (N-methyl/N-ethyl adjacent to an activating group) is 1. The standard InChI is InChI=1S/C17H16Cl2FN3O4S/c1-21-28(26,27)10-6-7-14(20)11(8-10)17(25)23(2)9-15(24)22-16-12(18)4-3-5-13(16)19/h3-8,21H,9H2,1-2H3,(H,22,24). The first-order chi connectivity index (χ1) is 13.1. The number of hydrogen-bond donors (Lipinski definition) is 2. The molecule has 0 spiro atoms. The smallest absolute Gasteiger partial charge is 0.257 e. The zero-order valence-electron chi connectivity index (χ0n) is 14.8. The first-order valence-electron chi connectivity index (χ1n) is 7.79. The Kier molecular flexibility index (Phi) is 7.00. The molecule has 28 heavy (non-hydrogen) atoms. The van der Waals surface area contributed by atoms with Crippen molar-refractivity contribution in [3.63, 3.8) is 0 Å². The number of halogens is 3. The van der Waals surface area contributed by atoms with Crippen molar-refractivity contribution in [2.24, 2.45) is 0 Å². The Bertz CT molecular complexity index is 1010. The van der Waals surface area contributed by atoms with Crippen LogP contribution in [0.3, 0.4) is 0 Å². The summed E-state index contributed by atoms with van der Waals surface area (Å²) in [4.78, 5) is 25.4. The summed E-state index contributed by atoms with van der Waals surface area (Å²) in [6, 6.07) is 7.47. The van der Waals surface area contributed by atoms with Gasteiger partial charge in [0.15, 0.2) is 0 Å². The number of anilines is 1. The lowest BCUT2D eigenvalue weighted by Crippen LogP contribution is -2.35. The molecule has 2 amide bonds. The quantitative estimate of drug-likeness (QED) is 0.711. The number of hydrogen-bond acceptors (Lipinski definition) is 4. The first-order valence-corrected chi connectivity index (χ1v) is 10.0. The molecule has 2 aromatic rings. The van der Waals surface area contributed by atoms with Crippen LogP contribution < -0.4 is 10.0 Å². The molecule has 2 rings (SSSR count). The van der Waals surface area contributed by atoms with Gasteiger partial charge in [-0.2, -0.15) is 0 Å². The molecule has 0 aromatic heterocycles. The van der Waals surface area contributed by atoms with Crippen LogP contribution in [0.15, 0.2) is 41.3 Å². The summed E-state index contributed by atoms with van der Waals surface area (Å²) in [6.07, 6.45) is 0. The van der Waals surface area contributed by atoms with Crippen LogP contribution in [-0.2, 0) is 14.8 Å². The molecule has 0 aliphatic carbocycles. The third-order valence-corrected chi connectivity index (χ3v) is 5.74. The van der Waals surface area contributed by atoms with Gasteiger partial charge < -0.3 is 10.2 Å². The molecule has 2 N–H and O–H groups in total. The lowest BCUT2D eigenvalue weighted by atomic mass is 10.2. The van der Waals surface area contributed by atoms with Gasteiger partial charge in [-0.05, 0) is 37.4 Å². The second kappa shape index (κ2) is 8.87. The van der Waals surface area contributed by atoms with Gasteiger partial charge in [0.05, 0.1) is 32.7 Å². The molecule has 0 atom stereocenters. The van der Waals surface area contributed by atoms with E-state index in [0.717, 1.165) is 23.1 Å². The Morgan fingerprint density at radius 2 is 1.75 bits per heavy atom. The Labute approximate surface area is 171 Å². The normalized spacial score (nSPS) is 11.2. The Balaban J connectivity index is 2.19. The second-order valence-corrected chi connectivity index (χ2v) is 8.36. The fourth-order valence-corrected chi connectivity index (χ4v) is 3.49. The summed E-state index contributed by atoms with van der Waals surface area (Å²) in [7, 11) is -1.40. The van der Waals surface area contributed by atoms with Crippen molar-refractivity contribution >= 4 is 50.7 Å². The summed E-state index contributed by atoms with van der Waals surface area (Å²) >= 11 is 11.9. The predicted molar refractivity (Wildman–Crippen MR) is 105 cm³/mol. The zero-order chi connectivity index (χ0) is 21.1. The van der Waals surface area contributed by atoms with Gasteiger partial charge in [0.2, 0.25) is 15.9 Å². The molecule has 0 fully saturated rings. The van der Waals surface area contributed by atoms with Gasteiger partial charge in [0, 0.05) is 7.05 Å². The van der Waals surface area contributed by atoms with Gasteiger partial charge in [-0.3, -0.25) is 9.59 Å². The van der Waals surface area contributed by atoms with Crippen molar-refractivity contribution in [2.45, 2.75) is 4.90 Å². The molecule has 0 bridgehead atoms. The number of para-hydroxylation sites is 1. The van der Waals surface area contributed by atoms with Crippen LogP contribution in [0.25, 0.3) is 0 Å². The van der Waals surface area contributed by atoms with E-state index in [-0.39, 0.29) is 20.6 Å². The Morgan fingerprint density at radius 3 is 2.32 bits per heavy atom. The number of nitrogens with one attached hydrogen (secondary N) is 2. The van der Waals surface area contributed by atoms with Crippen LogP contribution in [0.5, 0.6) is 0 Å². The third-order valence-electron chi connectivity index (χ3n) is 3.70. The van der Waals surface area contributed by atoms with E-state index >= 15 is 0 Å². The molecule has 150 valence electrons. The molecule has 0 saturated carbocycles. The summed E-state index contributed by atoms with van der Waals surface area (Å²) < 4.78 is 39.9. The summed E-state index contributed by atoms with van der Waals surface area (Å²) in [5, 5.41) is 2.91. The molecule has 0 unspecified atom stereocenters. The average molecular weight is 448 g/mol. The minimum absolute atomic E-state index is 0.185. The van der Waals surface area contributed by atoms with Gasteiger partial charge in [0.1, 0.15) is 5.82 Å². The maximum absolute atomic E-state index is 14.1. The number of carbonyl (C=O) groups is 2. The van der Waals surface area contributed by atoms with Crippen LogP contribution in [0.4, 0.5) is 10.1 Å². The molecule has 0 aliphatic rings. The summed E-state index contributed by atoms with van der Waals surface area (Å²) in [6.45, 7) is -0.442. The van der Waals surface area contributed by atoms with Gasteiger partial charge in [0.25, 0.3) is 5.91 Å². The molecular formula is C17H16Cl2FN3O4S. The average Bonchev–Trinajstić information content (AvgIpc) is 2.64. The maximum atomic E-state index is 14.1. The van der Waals surface area contributed by atoms with Crippen molar-refractivity contribution in [3.05, 3.63) is 57.8 Å². The van der Waals surface area contributed by atoms with Crippen LogP contribution in [0.1, 0.15) is 10.4 Å². The molecule has 7 nitrogen and oxygen atoms in total. The van der Waals surface area contributed by atoms with Gasteiger partial charge in [-0.15, -0.1) is 0 Å². The Morgan fingerprint density at radius 1 is 1.14 bits per heavy atom. The van der Waals surface area contributed by atoms with E-state index in [1.807, 2.05) is 0 Å². The van der Waals surface area contributed by atoms with Crippen LogP contribution in [0, 0.1) is 5.82 Å². The third kappa shape index (κ3) is 4.99. The minimum Gasteiger partial charge on any atom is -0.332 e. The van der Waals surface area contributed by atoms with Crippen molar-refractivity contribution < 1.29 is 22.4 Å². The van der Waals surface area contributed by atoms with E-state index in [1.54, 1.807) is 6.07 Å². The van der Waals surface area contributed by atoms with Crippen molar-refractivity contribution in [1.82, 2.24) is 9.62 Å².